The summed E-state index contributed by atoms with van der Waals surface area (Å²) in [5.41, 5.74) is 3.25. The summed E-state index contributed by atoms with van der Waals surface area (Å²) in [6, 6.07) is 14.3. The molecule has 19 heavy (non-hydrogen) atoms. The summed E-state index contributed by atoms with van der Waals surface area (Å²) in [6.07, 6.45) is 0.944. The van der Waals surface area contributed by atoms with Crippen molar-refractivity contribution in [1.29, 1.82) is 0 Å². The van der Waals surface area contributed by atoms with Crippen molar-refractivity contribution in [2.45, 2.75) is 0 Å². The second-order valence-electron chi connectivity index (χ2n) is 4.70. The average molecular weight is 265 g/mol. The van der Waals surface area contributed by atoms with Crippen LogP contribution in [-0.4, -0.2) is 10.9 Å². The van der Waals surface area contributed by atoms with E-state index >= 15 is 0 Å². The standard InChI is InChI=1S/C16H11NOS/c1-17-13-8-3-2-6-11(13)16-14(17)12-7-4-5-10(9-18)15(12)19-16/h2-9H,1H3. The van der Waals surface area contributed by atoms with E-state index in [1.807, 2.05) is 12.1 Å². The lowest BCUT2D eigenvalue weighted by Crippen LogP contribution is -1.86. The molecule has 2 aromatic carbocycles. The van der Waals surface area contributed by atoms with Gasteiger partial charge in [0.05, 0.1) is 10.2 Å². The zero-order chi connectivity index (χ0) is 13.0. The first-order valence-electron chi connectivity index (χ1n) is 6.15. The molecule has 0 saturated heterocycles. The van der Waals surface area contributed by atoms with Gasteiger partial charge in [0.25, 0.3) is 0 Å². The van der Waals surface area contributed by atoms with Crippen LogP contribution in [0.25, 0.3) is 31.2 Å². The first-order valence-corrected chi connectivity index (χ1v) is 6.96. The minimum absolute atomic E-state index is 0.780. The number of rotatable bonds is 1. The first-order chi connectivity index (χ1) is 9.31. The van der Waals surface area contributed by atoms with Crippen molar-refractivity contribution in [3.63, 3.8) is 0 Å². The van der Waals surface area contributed by atoms with E-state index in [1.165, 1.54) is 26.5 Å². The van der Waals surface area contributed by atoms with Crippen molar-refractivity contribution in [1.82, 2.24) is 4.57 Å². The van der Waals surface area contributed by atoms with Crippen LogP contribution in [0.3, 0.4) is 0 Å². The molecular formula is C16H11NOS. The molecule has 0 atom stereocenters. The lowest BCUT2D eigenvalue weighted by atomic mass is 10.1. The first kappa shape index (κ1) is 10.8. The van der Waals surface area contributed by atoms with Gasteiger partial charge >= 0.3 is 0 Å². The summed E-state index contributed by atoms with van der Waals surface area (Å²) in [6.45, 7) is 0. The molecule has 0 aliphatic heterocycles. The van der Waals surface area contributed by atoms with Crippen LogP contribution < -0.4 is 0 Å². The van der Waals surface area contributed by atoms with Gasteiger partial charge in [-0.2, -0.15) is 0 Å². The molecule has 0 N–H and O–H groups in total. The van der Waals surface area contributed by atoms with E-state index < -0.39 is 0 Å². The lowest BCUT2D eigenvalue weighted by Gasteiger charge is -1.99. The number of carbonyl (C=O) groups excluding carboxylic acids is 1. The fourth-order valence-corrected chi connectivity index (χ4v) is 4.15. The Morgan fingerprint density at radius 3 is 2.63 bits per heavy atom. The van der Waals surface area contributed by atoms with Crippen LogP contribution in [0, 0.1) is 0 Å². The van der Waals surface area contributed by atoms with E-state index in [1.54, 1.807) is 11.3 Å². The summed E-state index contributed by atoms with van der Waals surface area (Å²) in [5.74, 6) is 0. The Hall–Kier alpha value is -2.13. The van der Waals surface area contributed by atoms with Gasteiger partial charge in [-0.1, -0.05) is 36.4 Å². The molecule has 92 valence electrons. The highest BCUT2D eigenvalue weighted by molar-refractivity contribution is 7.27. The monoisotopic (exact) mass is 265 g/mol. The Kier molecular flexibility index (Phi) is 2.09. The maximum Gasteiger partial charge on any atom is 0.151 e. The Bertz CT molecular complexity index is 946. The van der Waals surface area contributed by atoms with E-state index in [0.717, 1.165) is 16.5 Å². The molecule has 0 fully saturated rings. The molecule has 4 aromatic rings. The summed E-state index contributed by atoms with van der Waals surface area (Å²) in [7, 11) is 2.09. The van der Waals surface area contributed by atoms with Crippen LogP contribution >= 0.6 is 11.3 Å². The SMILES string of the molecule is Cn1c2ccccc2c2sc3c(C=O)cccc3c21. The number of hydrogen-bond donors (Lipinski definition) is 0. The number of carbonyl (C=O) groups is 1. The second-order valence-corrected chi connectivity index (χ2v) is 5.72. The molecule has 0 saturated carbocycles. The van der Waals surface area contributed by atoms with Gasteiger partial charge in [-0.05, 0) is 6.07 Å². The fraction of sp³-hybridized carbons (Fsp3) is 0.0625. The zero-order valence-electron chi connectivity index (χ0n) is 10.4. The molecule has 2 nitrogen and oxygen atoms in total. The molecular weight excluding hydrogens is 254 g/mol. The third kappa shape index (κ3) is 1.28. The number of fused-ring (bicyclic) bond motifs is 5. The van der Waals surface area contributed by atoms with Crippen LogP contribution in [0.2, 0.25) is 0 Å². The molecule has 0 aliphatic rings. The molecule has 0 radical (unpaired) electrons. The largest absolute Gasteiger partial charge is 0.342 e. The van der Waals surface area contributed by atoms with E-state index in [0.29, 0.717) is 0 Å². The number of aldehydes is 1. The number of thiophene rings is 1. The summed E-state index contributed by atoms with van der Waals surface area (Å²) >= 11 is 1.71. The topological polar surface area (TPSA) is 22.0 Å². The maximum absolute atomic E-state index is 11.2. The van der Waals surface area contributed by atoms with Crippen molar-refractivity contribution in [3.05, 3.63) is 48.0 Å². The minimum Gasteiger partial charge on any atom is -0.342 e. The highest BCUT2D eigenvalue weighted by Gasteiger charge is 2.15. The summed E-state index contributed by atoms with van der Waals surface area (Å²) < 4.78 is 4.57. The number of para-hydroxylation sites is 1. The predicted octanol–water partition coefficient (Wildman–Crippen LogP) is 4.36. The molecule has 2 heterocycles. The fourth-order valence-electron chi connectivity index (χ4n) is 2.81. The number of benzene rings is 2. The van der Waals surface area contributed by atoms with Gasteiger partial charge in [0, 0.05) is 33.6 Å². The van der Waals surface area contributed by atoms with Crippen LogP contribution in [-0.2, 0) is 7.05 Å². The molecule has 0 spiro atoms. The van der Waals surface area contributed by atoms with Gasteiger partial charge in [0.1, 0.15) is 0 Å². The Morgan fingerprint density at radius 1 is 1.00 bits per heavy atom. The second kappa shape index (κ2) is 3.68. The van der Waals surface area contributed by atoms with Gasteiger partial charge in [-0.3, -0.25) is 4.79 Å². The van der Waals surface area contributed by atoms with Crippen LogP contribution in [0.4, 0.5) is 0 Å². The summed E-state index contributed by atoms with van der Waals surface area (Å²) in [5, 5.41) is 2.43. The van der Waals surface area contributed by atoms with Crippen molar-refractivity contribution >= 4 is 48.8 Å². The van der Waals surface area contributed by atoms with Crippen LogP contribution in [0.1, 0.15) is 10.4 Å². The van der Waals surface area contributed by atoms with Gasteiger partial charge in [0.2, 0.25) is 0 Å². The molecule has 0 bridgehead atoms. The molecule has 0 aliphatic carbocycles. The predicted molar refractivity (Wildman–Crippen MR) is 81.2 cm³/mol. The van der Waals surface area contributed by atoms with E-state index in [9.17, 15) is 4.79 Å². The van der Waals surface area contributed by atoms with Gasteiger partial charge in [-0.25, -0.2) is 0 Å². The molecule has 0 unspecified atom stereocenters. The molecule has 3 heteroatoms. The van der Waals surface area contributed by atoms with Crippen LogP contribution in [0.15, 0.2) is 42.5 Å². The quantitative estimate of drug-likeness (QED) is 0.469. The smallest absolute Gasteiger partial charge is 0.151 e. The zero-order valence-corrected chi connectivity index (χ0v) is 11.2. The minimum atomic E-state index is 0.780. The Balaban J connectivity index is 2.34. The number of aromatic nitrogens is 1. The third-order valence-corrected chi connectivity index (χ3v) is 4.97. The molecule has 4 rings (SSSR count). The van der Waals surface area contributed by atoms with Crippen molar-refractivity contribution in [3.8, 4) is 0 Å². The number of hydrogen-bond acceptors (Lipinski definition) is 2. The van der Waals surface area contributed by atoms with Crippen molar-refractivity contribution < 1.29 is 4.79 Å². The van der Waals surface area contributed by atoms with Crippen molar-refractivity contribution in [2.24, 2.45) is 7.05 Å². The van der Waals surface area contributed by atoms with Gasteiger partial charge < -0.3 is 4.57 Å². The highest BCUT2D eigenvalue weighted by Crippen LogP contribution is 2.40. The summed E-state index contributed by atoms with van der Waals surface area (Å²) in [4.78, 5) is 11.2. The molecule has 0 amide bonds. The number of aryl methyl sites for hydroxylation is 1. The average Bonchev–Trinajstić information content (AvgIpc) is 2.96. The third-order valence-electron chi connectivity index (χ3n) is 3.69. The van der Waals surface area contributed by atoms with Gasteiger partial charge in [-0.15, -0.1) is 11.3 Å². The highest BCUT2D eigenvalue weighted by atomic mass is 32.1. The Morgan fingerprint density at radius 2 is 1.79 bits per heavy atom. The van der Waals surface area contributed by atoms with Crippen molar-refractivity contribution in [2.75, 3.05) is 0 Å². The van der Waals surface area contributed by atoms with E-state index in [2.05, 4.69) is 41.9 Å². The maximum atomic E-state index is 11.2. The normalized spacial score (nSPS) is 11.6. The van der Waals surface area contributed by atoms with E-state index in [4.69, 9.17) is 0 Å². The lowest BCUT2D eigenvalue weighted by molar-refractivity contribution is 0.112. The Labute approximate surface area is 113 Å². The van der Waals surface area contributed by atoms with E-state index in [-0.39, 0.29) is 0 Å². The van der Waals surface area contributed by atoms with Crippen LogP contribution in [0.5, 0.6) is 0 Å². The number of nitrogens with zero attached hydrogens (tertiary/aromatic N) is 1. The molecule has 2 aromatic heterocycles. The van der Waals surface area contributed by atoms with Gasteiger partial charge in [0.15, 0.2) is 6.29 Å².